The van der Waals surface area contributed by atoms with Gasteiger partial charge in [-0.3, -0.25) is 14.2 Å². The van der Waals surface area contributed by atoms with Crippen molar-refractivity contribution in [3.05, 3.63) is 52.7 Å². The molecule has 1 amide bonds. The van der Waals surface area contributed by atoms with Crippen LogP contribution in [0.3, 0.4) is 0 Å². The maximum Gasteiger partial charge on any atom is 0.248 e. The van der Waals surface area contributed by atoms with Crippen LogP contribution in [0.15, 0.2) is 58.0 Å². The molecule has 1 aliphatic rings. The molecule has 0 saturated heterocycles. The summed E-state index contributed by atoms with van der Waals surface area (Å²) < 4.78 is 1.66. The molecule has 1 aromatic carbocycles. The van der Waals surface area contributed by atoms with Crippen molar-refractivity contribution in [1.82, 2.24) is 9.55 Å². The zero-order valence-corrected chi connectivity index (χ0v) is 18.5. The van der Waals surface area contributed by atoms with Crippen LogP contribution < -0.4 is 5.01 Å². The van der Waals surface area contributed by atoms with Gasteiger partial charge in [0.25, 0.3) is 0 Å². The number of hydrogen-bond donors (Lipinski definition) is 0. The Morgan fingerprint density at radius 1 is 0.967 bits per heavy atom. The van der Waals surface area contributed by atoms with Crippen LogP contribution in [0.1, 0.15) is 49.2 Å². The Morgan fingerprint density at radius 2 is 1.70 bits per heavy atom. The minimum absolute atomic E-state index is 0.0343. The summed E-state index contributed by atoms with van der Waals surface area (Å²) in [5.41, 5.74) is 0.831. The first-order chi connectivity index (χ1) is 14.6. The molecule has 1 aliphatic heterocycles. The van der Waals surface area contributed by atoms with Crippen molar-refractivity contribution in [3.8, 4) is 11.4 Å². The highest BCUT2D eigenvalue weighted by atomic mass is 32.2. The highest BCUT2D eigenvalue weighted by Gasteiger charge is 2.34. The smallest absolute Gasteiger partial charge is 0.248 e. The Balaban J connectivity index is 1.90. The number of carbonyl (C=O) groups is 2. The number of imidazole rings is 1. The molecule has 0 fully saturated rings. The molecule has 0 spiro atoms. The highest BCUT2D eigenvalue weighted by molar-refractivity contribution is 8.14. The molecular formula is C22H22N4O2S2. The minimum Gasteiger partial charge on any atom is -0.274 e. The Hall–Kier alpha value is -2.71. The Morgan fingerprint density at radius 3 is 2.37 bits per heavy atom. The van der Waals surface area contributed by atoms with E-state index >= 15 is 0 Å². The second-order valence-corrected chi connectivity index (χ2v) is 8.77. The van der Waals surface area contributed by atoms with E-state index in [0.717, 1.165) is 16.9 Å². The number of aromatic nitrogens is 2. The van der Waals surface area contributed by atoms with Crippen LogP contribution in [0.4, 0.5) is 5.82 Å². The van der Waals surface area contributed by atoms with Gasteiger partial charge in [0.05, 0.1) is 4.88 Å². The number of benzene rings is 1. The van der Waals surface area contributed by atoms with E-state index in [9.17, 15) is 9.59 Å². The summed E-state index contributed by atoms with van der Waals surface area (Å²) in [5.74, 6) is 0.818. The lowest BCUT2D eigenvalue weighted by Crippen LogP contribution is -2.30. The monoisotopic (exact) mass is 438 g/mol. The lowest BCUT2D eigenvalue weighted by molar-refractivity contribution is -0.118. The molecule has 0 radical (unpaired) electrons. The van der Waals surface area contributed by atoms with Crippen LogP contribution in [-0.4, -0.2) is 26.4 Å². The first-order valence-electron chi connectivity index (χ1n) is 9.98. The van der Waals surface area contributed by atoms with Gasteiger partial charge in [0, 0.05) is 18.4 Å². The van der Waals surface area contributed by atoms with Crippen molar-refractivity contribution in [2.45, 2.75) is 44.6 Å². The molecule has 0 atom stereocenters. The fourth-order valence-electron chi connectivity index (χ4n) is 3.21. The van der Waals surface area contributed by atoms with Gasteiger partial charge in [0.1, 0.15) is 15.9 Å². The molecular weight excluding hydrogens is 416 g/mol. The topological polar surface area (TPSA) is 67.6 Å². The van der Waals surface area contributed by atoms with Gasteiger partial charge in [-0.1, -0.05) is 50.2 Å². The van der Waals surface area contributed by atoms with Crippen molar-refractivity contribution in [3.63, 3.8) is 0 Å². The zero-order valence-electron chi connectivity index (χ0n) is 16.9. The molecule has 8 heteroatoms. The maximum atomic E-state index is 13.1. The average Bonchev–Trinajstić information content (AvgIpc) is 3.42. The summed E-state index contributed by atoms with van der Waals surface area (Å²) in [6.07, 6.45) is 2.21. The fraction of sp³-hybridized carbons (Fsp3) is 0.273. The molecule has 154 valence electrons. The Bertz CT molecular complexity index is 1090. The average molecular weight is 439 g/mol. The first kappa shape index (κ1) is 20.6. The van der Waals surface area contributed by atoms with Crippen molar-refractivity contribution >= 4 is 45.8 Å². The number of thioether (sulfide) groups is 1. The second kappa shape index (κ2) is 8.97. The van der Waals surface area contributed by atoms with E-state index in [1.165, 1.54) is 16.8 Å². The molecule has 0 bridgehead atoms. The summed E-state index contributed by atoms with van der Waals surface area (Å²) in [4.78, 5) is 31.7. The summed E-state index contributed by atoms with van der Waals surface area (Å²) >= 11 is 2.95. The maximum absolute atomic E-state index is 13.1. The number of rotatable bonds is 6. The van der Waals surface area contributed by atoms with E-state index in [2.05, 4.69) is 5.10 Å². The largest absolute Gasteiger partial charge is 0.274 e. The van der Waals surface area contributed by atoms with E-state index in [1.807, 2.05) is 61.7 Å². The quantitative estimate of drug-likeness (QED) is 0.498. The Labute approximate surface area is 183 Å². The number of anilines is 1. The lowest BCUT2D eigenvalue weighted by Gasteiger charge is -2.22. The molecule has 6 nitrogen and oxygen atoms in total. The van der Waals surface area contributed by atoms with Gasteiger partial charge < -0.3 is 0 Å². The zero-order chi connectivity index (χ0) is 21.1. The third kappa shape index (κ3) is 3.85. The standard InChI is InChI=1S/C22H22N4O2S2/c1-3-9-17(27)25-19(15-11-6-5-7-12-15)23-20-22(25)30-21(16-13-8-14-29-16)24-26(20)18(28)10-4-2/h5-8,11-14H,3-4,9-10H2,1-2H3. The van der Waals surface area contributed by atoms with E-state index in [4.69, 9.17) is 4.98 Å². The third-order valence-electron chi connectivity index (χ3n) is 4.58. The Kier molecular flexibility index (Phi) is 6.15. The summed E-state index contributed by atoms with van der Waals surface area (Å²) in [5, 5.41) is 9.33. The first-order valence-corrected chi connectivity index (χ1v) is 11.7. The molecule has 0 N–H and O–H groups in total. The van der Waals surface area contributed by atoms with Gasteiger partial charge in [0.15, 0.2) is 5.82 Å². The molecule has 3 heterocycles. The molecule has 4 rings (SSSR count). The van der Waals surface area contributed by atoms with E-state index in [1.54, 1.807) is 15.9 Å². The van der Waals surface area contributed by atoms with Crippen molar-refractivity contribution < 1.29 is 9.59 Å². The molecule has 0 unspecified atom stereocenters. The van der Waals surface area contributed by atoms with Crippen molar-refractivity contribution in [2.24, 2.45) is 5.10 Å². The number of amides is 1. The second-order valence-electron chi connectivity index (χ2n) is 6.85. The number of thiophene rings is 1. The predicted octanol–water partition coefficient (Wildman–Crippen LogP) is 5.65. The molecule has 0 saturated carbocycles. The highest BCUT2D eigenvalue weighted by Crippen LogP contribution is 2.41. The van der Waals surface area contributed by atoms with Crippen LogP contribution in [-0.2, 0) is 4.79 Å². The van der Waals surface area contributed by atoms with Crippen LogP contribution >= 0.6 is 23.1 Å². The number of hydrazone groups is 1. The molecule has 3 aromatic rings. The lowest BCUT2D eigenvalue weighted by atomic mass is 10.2. The van der Waals surface area contributed by atoms with Crippen molar-refractivity contribution in [2.75, 3.05) is 5.01 Å². The number of carbonyl (C=O) groups excluding carboxylic acids is 2. The van der Waals surface area contributed by atoms with Gasteiger partial charge in [-0.2, -0.15) is 10.1 Å². The number of nitrogens with zero attached hydrogens (tertiary/aromatic N) is 4. The van der Waals surface area contributed by atoms with E-state index in [0.29, 0.717) is 41.0 Å². The van der Waals surface area contributed by atoms with E-state index in [-0.39, 0.29) is 11.8 Å². The summed E-state index contributed by atoms with van der Waals surface area (Å²) in [6, 6.07) is 13.5. The number of fused-ring (bicyclic) bond motifs is 1. The predicted molar refractivity (Wildman–Crippen MR) is 122 cm³/mol. The van der Waals surface area contributed by atoms with Crippen LogP contribution in [0, 0.1) is 0 Å². The third-order valence-corrected chi connectivity index (χ3v) is 6.64. The SMILES string of the molecule is CCCC(=O)N1N=C(c2cccs2)Sc2c1nc(-c1ccccc1)n2C(=O)CCC. The fourth-order valence-corrected chi connectivity index (χ4v) is 5.05. The number of hydrogen-bond acceptors (Lipinski definition) is 6. The van der Waals surface area contributed by atoms with Crippen molar-refractivity contribution in [1.29, 1.82) is 0 Å². The van der Waals surface area contributed by atoms with Gasteiger partial charge in [0.2, 0.25) is 11.8 Å². The molecule has 2 aromatic heterocycles. The van der Waals surface area contributed by atoms with Crippen LogP contribution in [0.2, 0.25) is 0 Å². The van der Waals surface area contributed by atoms with Gasteiger partial charge in [-0.05, 0) is 36.0 Å². The minimum atomic E-state index is -0.125. The normalized spacial score (nSPS) is 13.1. The van der Waals surface area contributed by atoms with Crippen LogP contribution in [0.5, 0.6) is 0 Å². The van der Waals surface area contributed by atoms with Gasteiger partial charge >= 0.3 is 0 Å². The van der Waals surface area contributed by atoms with Gasteiger partial charge in [-0.15, -0.1) is 11.3 Å². The summed E-state index contributed by atoms with van der Waals surface area (Å²) in [6.45, 7) is 3.94. The van der Waals surface area contributed by atoms with Gasteiger partial charge in [-0.25, -0.2) is 4.98 Å². The molecule has 0 aliphatic carbocycles. The van der Waals surface area contributed by atoms with Crippen LogP contribution in [0.25, 0.3) is 11.4 Å². The molecule has 30 heavy (non-hydrogen) atoms. The summed E-state index contributed by atoms with van der Waals surface area (Å²) in [7, 11) is 0. The van der Waals surface area contributed by atoms with E-state index < -0.39 is 0 Å².